The Morgan fingerprint density at radius 3 is 2.77 bits per heavy atom. The highest BCUT2D eigenvalue weighted by molar-refractivity contribution is 5.87. The van der Waals surface area contributed by atoms with E-state index in [0.717, 1.165) is 38.6 Å². The third-order valence-electron chi connectivity index (χ3n) is 6.96. The Morgan fingerprint density at radius 2 is 2.03 bits per heavy atom. The predicted octanol–water partition coefficient (Wildman–Crippen LogP) is 4.16. The SMILES string of the molecule is C#CCOC(=O)Nc1ccc(N2CCCC3(CCN(C4CCCCC4)C3=O)C2)c(F)c1. The summed E-state index contributed by atoms with van der Waals surface area (Å²) in [7, 11) is 0. The Bertz CT molecular complexity index is 877. The number of rotatable bonds is 4. The lowest BCUT2D eigenvalue weighted by Crippen LogP contribution is -2.50. The van der Waals surface area contributed by atoms with Gasteiger partial charge in [0.2, 0.25) is 5.91 Å². The molecule has 1 atom stereocenters. The minimum atomic E-state index is -0.721. The molecule has 4 rings (SSSR count). The second-order valence-corrected chi connectivity index (χ2v) is 8.92. The van der Waals surface area contributed by atoms with Crippen LogP contribution in [0, 0.1) is 23.6 Å². The van der Waals surface area contributed by atoms with Crippen LogP contribution in [-0.4, -0.2) is 49.2 Å². The standard InChI is InChI=1S/C24H30FN3O3/c1-2-15-31-23(30)26-18-9-10-21(20(25)16-18)27-13-6-11-24(17-27)12-14-28(22(24)29)19-7-4-3-5-8-19/h1,9-10,16,19H,3-8,11-15,17H2,(H,26,30). The summed E-state index contributed by atoms with van der Waals surface area (Å²) in [6, 6.07) is 4.95. The molecule has 1 spiro atoms. The van der Waals surface area contributed by atoms with Crippen LogP contribution in [0.25, 0.3) is 0 Å². The van der Waals surface area contributed by atoms with Gasteiger partial charge in [-0.05, 0) is 50.3 Å². The monoisotopic (exact) mass is 427 g/mol. The Balaban J connectivity index is 1.44. The molecule has 3 fully saturated rings. The number of nitrogens with one attached hydrogen (secondary N) is 1. The molecule has 7 heteroatoms. The number of hydrogen-bond donors (Lipinski definition) is 1. The second-order valence-electron chi connectivity index (χ2n) is 8.92. The molecule has 1 aromatic carbocycles. The van der Waals surface area contributed by atoms with Crippen LogP contribution in [0.2, 0.25) is 0 Å². The first-order valence-corrected chi connectivity index (χ1v) is 11.3. The van der Waals surface area contributed by atoms with Crippen molar-refractivity contribution in [2.75, 3.05) is 36.5 Å². The maximum absolute atomic E-state index is 14.9. The van der Waals surface area contributed by atoms with Gasteiger partial charge in [0.1, 0.15) is 5.82 Å². The number of hydrogen-bond acceptors (Lipinski definition) is 4. The number of carbonyl (C=O) groups excluding carboxylic acids is 2. The minimum Gasteiger partial charge on any atom is -0.436 e. The zero-order valence-corrected chi connectivity index (χ0v) is 17.9. The van der Waals surface area contributed by atoms with Gasteiger partial charge < -0.3 is 14.5 Å². The van der Waals surface area contributed by atoms with Crippen molar-refractivity contribution < 1.29 is 18.7 Å². The van der Waals surface area contributed by atoms with Crippen molar-refractivity contribution in [1.29, 1.82) is 0 Å². The summed E-state index contributed by atoms with van der Waals surface area (Å²) in [6.07, 6.45) is 12.8. The lowest BCUT2D eigenvalue weighted by Gasteiger charge is -2.41. The molecule has 0 radical (unpaired) electrons. The second kappa shape index (κ2) is 9.17. The van der Waals surface area contributed by atoms with Gasteiger partial charge in [-0.1, -0.05) is 25.2 Å². The maximum atomic E-state index is 14.9. The van der Waals surface area contributed by atoms with Crippen molar-refractivity contribution in [2.24, 2.45) is 5.41 Å². The van der Waals surface area contributed by atoms with Crippen molar-refractivity contribution in [2.45, 2.75) is 57.4 Å². The van der Waals surface area contributed by atoms with E-state index in [1.165, 1.54) is 25.3 Å². The summed E-state index contributed by atoms with van der Waals surface area (Å²) in [5.74, 6) is 2.04. The van der Waals surface area contributed by atoms with E-state index in [9.17, 15) is 14.0 Å². The van der Waals surface area contributed by atoms with E-state index < -0.39 is 17.3 Å². The Labute approximate surface area is 183 Å². The van der Waals surface area contributed by atoms with Crippen LogP contribution in [0.3, 0.4) is 0 Å². The number of nitrogens with zero attached hydrogens (tertiary/aromatic N) is 2. The molecule has 2 amide bonds. The van der Waals surface area contributed by atoms with E-state index in [1.807, 2.05) is 4.90 Å². The van der Waals surface area contributed by atoms with E-state index in [-0.39, 0.29) is 12.5 Å². The lowest BCUT2D eigenvalue weighted by atomic mass is 9.78. The number of anilines is 2. The number of benzene rings is 1. The third kappa shape index (κ3) is 4.48. The molecule has 3 aliphatic rings. The Kier molecular flexibility index (Phi) is 6.35. The molecule has 0 bridgehead atoms. The predicted molar refractivity (Wildman–Crippen MR) is 117 cm³/mol. The zero-order valence-electron chi connectivity index (χ0n) is 17.9. The van der Waals surface area contributed by atoms with Gasteiger partial charge in [-0.15, -0.1) is 6.42 Å². The quantitative estimate of drug-likeness (QED) is 0.733. The summed E-state index contributed by atoms with van der Waals surface area (Å²) in [5.41, 5.74) is 0.360. The average Bonchev–Trinajstić information content (AvgIpc) is 3.08. The topological polar surface area (TPSA) is 61.9 Å². The van der Waals surface area contributed by atoms with Crippen LogP contribution in [0.1, 0.15) is 51.4 Å². The molecule has 1 N–H and O–H groups in total. The van der Waals surface area contributed by atoms with Crippen molar-refractivity contribution >= 4 is 23.4 Å². The molecule has 0 aromatic heterocycles. The van der Waals surface area contributed by atoms with Crippen LogP contribution in [0.5, 0.6) is 0 Å². The fraction of sp³-hybridized carbons (Fsp3) is 0.583. The average molecular weight is 428 g/mol. The Hall–Kier alpha value is -2.75. The van der Waals surface area contributed by atoms with Gasteiger partial charge in [-0.3, -0.25) is 10.1 Å². The van der Waals surface area contributed by atoms with Gasteiger partial charge in [0.25, 0.3) is 0 Å². The molecule has 1 unspecified atom stereocenters. The van der Waals surface area contributed by atoms with Gasteiger partial charge in [0.05, 0.1) is 11.1 Å². The number of carbonyl (C=O) groups is 2. The largest absolute Gasteiger partial charge is 0.436 e. The molecular weight excluding hydrogens is 397 g/mol. The fourth-order valence-corrected chi connectivity index (χ4v) is 5.41. The van der Waals surface area contributed by atoms with E-state index in [4.69, 9.17) is 11.2 Å². The van der Waals surface area contributed by atoms with Gasteiger partial charge in [-0.2, -0.15) is 0 Å². The zero-order chi connectivity index (χ0) is 21.8. The smallest absolute Gasteiger partial charge is 0.412 e. The number of halogens is 1. The van der Waals surface area contributed by atoms with Crippen LogP contribution in [0.15, 0.2) is 18.2 Å². The van der Waals surface area contributed by atoms with E-state index in [2.05, 4.69) is 16.1 Å². The third-order valence-corrected chi connectivity index (χ3v) is 6.96. The molecule has 2 aliphatic heterocycles. The van der Waals surface area contributed by atoms with Crippen LogP contribution < -0.4 is 10.2 Å². The number of likely N-dealkylation sites (tertiary alicyclic amines) is 1. The molecule has 166 valence electrons. The molecule has 6 nitrogen and oxygen atoms in total. The number of amides is 2. The summed E-state index contributed by atoms with van der Waals surface area (Å²) in [5, 5.41) is 2.47. The van der Waals surface area contributed by atoms with Gasteiger partial charge in [0, 0.05) is 31.4 Å². The van der Waals surface area contributed by atoms with Crippen LogP contribution in [0.4, 0.5) is 20.6 Å². The number of terminal acetylenes is 1. The van der Waals surface area contributed by atoms with Crippen molar-refractivity contribution in [3.05, 3.63) is 24.0 Å². The fourth-order valence-electron chi connectivity index (χ4n) is 5.41. The number of ether oxygens (including phenoxy) is 1. The first-order chi connectivity index (χ1) is 15.0. The first-order valence-electron chi connectivity index (χ1n) is 11.3. The molecule has 1 aromatic rings. The van der Waals surface area contributed by atoms with Crippen molar-refractivity contribution in [3.63, 3.8) is 0 Å². The first kappa shape index (κ1) is 21.5. The van der Waals surface area contributed by atoms with Crippen molar-refractivity contribution in [3.8, 4) is 12.3 Å². The molecular formula is C24H30FN3O3. The molecule has 31 heavy (non-hydrogen) atoms. The van der Waals surface area contributed by atoms with Gasteiger partial charge >= 0.3 is 6.09 Å². The molecule has 2 heterocycles. The summed E-state index contributed by atoms with van der Waals surface area (Å²) < 4.78 is 19.7. The molecule has 2 saturated heterocycles. The lowest BCUT2D eigenvalue weighted by molar-refractivity contribution is -0.138. The number of piperidine rings is 1. The van der Waals surface area contributed by atoms with Crippen molar-refractivity contribution in [1.82, 2.24) is 4.90 Å². The van der Waals surface area contributed by atoms with E-state index in [1.54, 1.807) is 12.1 Å². The summed E-state index contributed by atoms with van der Waals surface area (Å²) in [4.78, 5) is 29.2. The maximum Gasteiger partial charge on any atom is 0.412 e. The van der Waals surface area contributed by atoms with E-state index >= 15 is 0 Å². The highest BCUT2D eigenvalue weighted by atomic mass is 19.1. The summed E-state index contributed by atoms with van der Waals surface area (Å²) in [6.45, 7) is 1.94. The van der Waals surface area contributed by atoms with Gasteiger partial charge in [-0.25, -0.2) is 9.18 Å². The summed E-state index contributed by atoms with van der Waals surface area (Å²) >= 11 is 0. The van der Waals surface area contributed by atoms with E-state index in [0.29, 0.717) is 30.5 Å². The van der Waals surface area contributed by atoms with Crippen LogP contribution in [-0.2, 0) is 9.53 Å². The van der Waals surface area contributed by atoms with Gasteiger partial charge in [0.15, 0.2) is 6.61 Å². The van der Waals surface area contributed by atoms with Crippen LogP contribution >= 0.6 is 0 Å². The highest BCUT2D eigenvalue weighted by Gasteiger charge is 2.50. The molecule has 1 saturated carbocycles. The normalized spacial score (nSPS) is 24.3. The Morgan fingerprint density at radius 1 is 1.23 bits per heavy atom. The minimum absolute atomic E-state index is 0.145. The molecule has 1 aliphatic carbocycles. The highest BCUT2D eigenvalue weighted by Crippen LogP contribution is 2.43.